The number of hydrogen-bond donors (Lipinski definition) is 1. The maximum absolute atomic E-state index is 13.1. The zero-order valence-corrected chi connectivity index (χ0v) is 18.4. The first-order valence-corrected chi connectivity index (χ1v) is 11.8. The maximum atomic E-state index is 13.1. The molecule has 0 spiro atoms. The Hall–Kier alpha value is -2.34. The molecule has 2 amide bonds. The van der Waals surface area contributed by atoms with E-state index in [4.69, 9.17) is 0 Å². The number of ether oxygens (including phenoxy) is 1. The average molecular weight is 478 g/mol. The van der Waals surface area contributed by atoms with E-state index in [0.29, 0.717) is 18.5 Å². The summed E-state index contributed by atoms with van der Waals surface area (Å²) in [6.07, 6.45) is -3.90. The maximum Gasteiger partial charge on any atom is 0.411 e. The summed E-state index contributed by atoms with van der Waals surface area (Å²) in [5.74, 6) is -2.64. The number of carbonyl (C=O) groups is 2. The van der Waals surface area contributed by atoms with E-state index in [0.717, 1.165) is 0 Å². The highest BCUT2D eigenvalue weighted by atomic mass is 32.2. The lowest BCUT2D eigenvalue weighted by molar-refractivity contribution is -0.188. The first-order chi connectivity index (χ1) is 15.0. The predicted octanol–water partition coefficient (Wildman–Crippen LogP) is 3.07. The molecule has 1 aromatic carbocycles. The molecule has 0 radical (unpaired) electrons. The zero-order chi connectivity index (χ0) is 23.5. The van der Waals surface area contributed by atoms with E-state index >= 15 is 0 Å². The van der Waals surface area contributed by atoms with E-state index in [1.165, 1.54) is 40.6 Å². The molecule has 0 aliphatic carbocycles. The standard InChI is InChI=1S/C20H26F3N3O5S/c1-31-19(28)24-16-6-8-17(9-7-16)32(29,30)26-11-2-4-14(12-26)18(27)25-10-3-5-15(13-25)20(21,22)23/h6-9,14-15H,2-5,10-13H2,1H3,(H,24,28)/t14-,15-/m0/s1. The van der Waals surface area contributed by atoms with Gasteiger partial charge in [-0.05, 0) is 49.9 Å². The number of nitrogens with zero attached hydrogens (tertiary/aromatic N) is 2. The van der Waals surface area contributed by atoms with Crippen LogP contribution in [0.25, 0.3) is 0 Å². The number of sulfonamides is 1. The minimum atomic E-state index is -4.35. The highest BCUT2D eigenvalue weighted by molar-refractivity contribution is 7.89. The van der Waals surface area contributed by atoms with E-state index in [1.54, 1.807) is 0 Å². The van der Waals surface area contributed by atoms with Gasteiger partial charge in [0.15, 0.2) is 0 Å². The van der Waals surface area contributed by atoms with Crippen LogP contribution in [0.3, 0.4) is 0 Å². The second-order valence-corrected chi connectivity index (χ2v) is 9.95. The number of amides is 2. The van der Waals surface area contributed by atoms with Gasteiger partial charge in [0.2, 0.25) is 15.9 Å². The quantitative estimate of drug-likeness (QED) is 0.719. The normalized spacial score (nSPS) is 22.9. The smallest absolute Gasteiger partial charge is 0.411 e. The molecule has 2 atom stereocenters. The summed E-state index contributed by atoms with van der Waals surface area (Å²) in [7, 11) is -2.70. The highest BCUT2D eigenvalue weighted by Gasteiger charge is 2.44. The molecule has 12 heteroatoms. The fourth-order valence-electron chi connectivity index (χ4n) is 4.09. The number of hydrogen-bond acceptors (Lipinski definition) is 5. The molecule has 2 heterocycles. The van der Waals surface area contributed by atoms with Crippen LogP contribution in [-0.2, 0) is 19.6 Å². The number of likely N-dealkylation sites (tertiary alicyclic amines) is 1. The minimum absolute atomic E-state index is 0.000713. The van der Waals surface area contributed by atoms with Crippen molar-refractivity contribution in [3.63, 3.8) is 0 Å². The van der Waals surface area contributed by atoms with Crippen molar-refractivity contribution in [1.82, 2.24) is 9.21 Å². The molecular formula is C20H26F3N3O5S. The monoisotopic (exact) mass is 477 g/mol. The Bertz CT molecular complexity index is 937. The lowest BCUT2D eigenvalue weighted by atomic mass is 9.93. The summed E-state index contributed by atoms with van der Waals surface area (Å²) in [5, 5.41) is 2.42. The molecule has 2 saturated heterocycles. The van der Waals surface area contributed by atoms with Crippen molar-refractivity contribution in [2.45, 2.75) is 36.8 Å². The SMILES string of the molecule is COC(=O)Nc1ccc(S(=O)(=O)N2CCC[C@H](C(=O)N3CCC[C@H](C(F)(F)F)C3)C2)cc1. The fourth-order valence-corrected chi connectivity index (χ4v) is 5.62. The largest absolute Gasteiger partial charge is 0.453 e. The van der Waals surface area contributed by atoms with E-state index in [-0.39, 0.29) is 43.9 Å². The van der Waals surface area contributed by atoms with Gasteiger partial charge < -0.3 is 9.64 Å². The summed E-state index contributed by atoms with van der Waals surface area (Å²) in [6.45, 7) is 0.0273. The minimum Gasteiger partial charge on any atom is -0.453 e. The van der Waals surface area contributed by atoms with Gasteiger partial charge in [-0.2, -0.15) is 17.5 Å². The summed E-state index contributed by atoms with van der Waals surface area (Å²) in [6, 6.07) is 5.51. The number of benzene rings is 1. The molecule has 1 aromatic rings. The number of anilines is 1. The molecule has 2 aliphatic rings. The van der Waals surface area contributed by atoms with E-state index in [9.17, 15) is 31.2 Å². The Balaban J connectivity index is 1.68. The average Bonchev–Trinajstić information content (AvgIpc) is 2.78. The third-order valence-corrected chi connectivity index (χ3v) is 7.73. The van der Waals surface area contributed by atoms with Crippen LogP contribution >= 0.6 is 0 Å². The summed E-state index contributed by atoms with van der Waals surface area (Å²) in [5.41, 5.74) is 0.354. The van der Waals surface area contributed by atoms with Crippen molar-refractivity contribution in [2.24, 2.45) is 11.8 Å². The van der Waals surface area contributed by atoms with Crippen molar-refractivity contribution in [3.05, 3.63) is 24.3 Å². The molecule has 0 aromatic heterocycles. The molecule has 32 heavy (non-hydrogen) atoms. The lowest BCUT2D eigenvalue weighted by Crippen LogP contribution is -2.50. The number of nitrogens with one attached hydrogen (secondary N) is 1. The molecule has 2 fully saturated rings. The lowest BCUT2D eigenvalue weighted by Gasteiger charge is -2.38. The predicted molar refractivity (Wildman–Crippen MR) is 109 cm³/mol. The third kappa shape index (κ3) is 5.52. The van der Waals surface area contributed by atoms with Crippen molar-refractivity contribution in [1.29, 1.82) is 0 Å². The van der Waals surface area contributed by atoms with Gasteiger partial charge in [-0.25, -0.2) is 13.2 Å². The van der Waals surface area contributed by atoms with Crippen molar-refractivity contribution in [2.75, 3.05) is 38.6 Å². The number of halogens is 3. The van der Waals surface area contributed by atoms with Crippen LogP contribution in [-0.4, -0.2) is 69.1 Å². The molecule has 0 bridgehead atoms. The molecule has 0 saturated carbocycles. The van der Waals surface area contributed by atoms with Crippen LogP contribution in [0.5, 0.6) is 0 Å². The molecule has 178 valence electrons. The van der Waals surface area contributed by atoms with E-state index in [1.807, 2.05) is 0 Å². The van der Waals surface area contributed by atoms with Gasteiger partial charge in [-0.3, -0.25) is 10.1 Å². The molecule has 8 nitrogen and oxygen atoms in total. The van der Waals surface area contributed by atoms with E-state index < -0.39 is 40.0 Å². The van der Waals surface area contributed by atoms with Crippen LogP contribution < -0.4 is 5.32 Å². The second-order valence-electron chi connectivity index (χ2n) is 8.01. The number of piperidine rings is 2. The Labute approximate surface area is 184 Å². The van der Waals surface area contributed by atoms with Crippen molar-refractivity contribution in [3.8, 4) is 0 Å². The number of methoxy groups -OCH3 is 1. The molecule has 0 unspecified atom stereocenters. The number of rotatable bonds is 4. The Morgan fingerprint density at radius 2 is 1.72 bits per heavy atom. The van der Waals surface area contributed by atoms with Gasteiger partial charge in [0.1, 0.15) is 0 Å². The Morgan fingerprint density at radius 1 is 1.06 bits per heavy atom. The van der Waals surface area contributed by atoms with Gasteiger partial charge >= 0.3 is 12.3 Å². The molecule has 1 N–H and O–H groups in total. The van der Waals surface area contributed by atoms with E-state index in [2.05, 4.69) is 10.1 Å². The zero-order valence-electron chi connectivity index (χ0n) is 17.6. The summed E-state index contributed by atoms with van der Waals surface area (Å²) >= 11 is 0. The number of alkyl halides is 3. The molecule has 3 rings (SSSR count). The van der Waals surface area contributed by atoms with Crippen LogP contribution in [0.2, 0.25) is 0 Å². The van der Waals surface area contributed by atoms with Crippen LogP contribution in [0.4, 0.5) is 23.7 Å². The topological polar surface area (TPSA) is 96.0 Å². The van der Waals surface area contributed by atoms with Crippen LogP contribution in [0.15, 0.2) is 29.2 Å². The highest BCUT2D eigenvalue weighted by Crippen LogP contribution is 2.34. The van der Waals surface area contributed by atoms with Gasteiger partial charge in [0, 0.05) is 31.9 Å². The van der Waals surface area contributed by atoms with Gasteiger partial charge in [-0.1, -0.05) is 0 Å². The molecular weight excluding hydrogens is 451 g/mol. The number of carbonyl (C=O) groups excluding carboxylic acids is 2. The molecule has 2 aliphatic heterocycles. The van der Waals surface area contributed by atoms with Gasteiger partial charge in [-0.15, -0.1) is 0 Å². The summed E-state index contributed by atoms with van der Waals surface area (Å²) < 4.78 is 71.0. The third-order valence-electron chi connectivity index (χ3n) is 5.85. The second kappa shape index (κ2) is 9.65. The van der Waals surface area contributed by atoms with Crippen LogP contribution in [0, 0.1) is 11.8 Å². The first-order valence-electron chi connectivity index (χ1n) is 10.3. The van der Waals surface area contributed by atoms with Gasteiger partial charge in [0.05, 0.1) is 23.8 Å². The van der Waals surface area contributed by atoms with Gasteiger partial charge in [0.25, 0.3) is 0 Å². The Kier molecular flexibility index (Phi) is 7.33. The fraction of sp³-hybridized carbons (Fsp3) is 0.600. The van der Waals surface area contributed by atoms with Crippen molar-refractivity contribution < 1.29 is 35.9 Å². The summed E-state index contributed by atoms with van der Waals surface area (Å²) in [4.78, 5) is 25.4. The van der Waals surface area contributed by atoms with Crippen LogP contribution in [0.1, 0.15) is 25.7 Å². The first kappa shape index (κ1) is 24.3. The Morgan fingerprint density at radius 3 is 2.34 bits per heavy atom. The van der Waals surface area contributed by atoms with Crippen molar-refractivity contribution >= 4 is 27.7 Å².